The summed E-state index contributed by atoms with van der Waals surface area (Å²) < 4.78 is 0. The number of nitrogens with two attached hydrogens (primary N) is 1. The molecule has 2 unspecified atom stereocenters. The van der Waals surface area contributed by atoms with Crippen LogP contribution in [0.3, 0.4) is 0 Å². The third kappa shape index (κ3) is 2.98. The van der Waals surface area contributed by atoms with Gasteiger partial charge in [-0.1, -0.05) is 39.0 Å². The first kappa shape index (κ1) is 12.4. The van der Waals surface area contributed by atoms with Gasteiger partial charge in [-0.3, -0.25) is 0 Å². The summed E-state index contributed by atoms with van der Waals surface area (Å²) in [5.41, 5.74) is 6.33. The van der Waals surface area contributed by atoms with Crippen LogP contribution in [-0.2, 0) is 0 Å². The topological polar surface area (TPSA) is 38.0 Å². The average Bonchev–Trinajstić information content (AvgIpc) is 2.30. The van der Waals surface area contributed by atoms with Gasteiger partial charge < -0.3 is 11.1 Å². The summed E-state index contributed by atoms with van der Waals surface area (Å²) in [6, 6.07) is 0.752. The molecule has 0 aromatic heterocycles. The molecule has 0 spiro atoms. The molecule has 94 valence electrons. The van der Waals surface area contributed by atoms with Gasteiger partial charge in [0.05, 0.1) is 0 Å². The van der Waals surface area contributed by atoms with Gasteiger partial charge in [0.25, 0.3) is 0 Å². The molecule has 0 saturated heterocycles. The molecule has 0 heterocycles. The molecule has 2 aliphatic carbocycles. The smallest absolute Gasteiger partial charge is 0.0308 e. The maximum atomic E-state index is 6.06. The normalized spacial score (nSPS) is 37.5. The van der Waals surface area contributed by atoms with Crippen molar-refractivity contribution in [3.05, 3.63) is 0 Å². The lowest BCUT2D eigenvalue weighted by Gasteiger charge is -2.43. The first-order chi connectivity index (χ1) is 7.74. The quantitative estimate of drug-likeness (QED) is 0.773. The van der Waals surface area contributed by atoms with Gasteiger partial charge >= 0.3 is 0 Å². The molecule has 0 aromatic rings. The zero-order chi connectivity index (χ0) is 11.4. The van der Waals surface area contributed by atoms with Crippen molar-refractivity contribution in [2.45, 2.75) is 76.3 Å². The van der Waals surface area contributed by atoms with Crippen molar-refractivity contribution in [2.24, 2.45) is 11.7 Å². The molecule has 3 N–H and O–H groups in total. The van der Waals surface area contributed by atoms with Crippen LogP contribution in [0.1, 0.15) is 64.7 Å². The molecular formula is C14H28N2. The van der Waals surface area contributed by atoms with Crippen molar-refractivity contribution in [1.29, 1.82) is 0 Å². The lowest BCUT2D eigenvalue weighted by atomic mass is 9.75. The Kier molecular flexibility index (Phi) is 4.26. The Balaban J connectivity index is 1.91. The lowest BCUT2D eigenvalue weighted by molar-refractivity contribution is 0.161. The minimum Gasteiger partial charge on any atom is -0.329 e. The van der Waals surface area contributed by atoms with E-state index in [0.717, 1.165) is 18.5 Å². The second-order valence-electron chi connectivity index (χ2n) is 6.17. The first-order valence-electron chi connectivity index (χ1n) is 7.22. The van der Waals surface area contributed by atoms with Crippen molar-refractivity contribution in [3.63, 3.8) is 0 Å². The van der Waals surface area contributed by atoms with Gasteiger partial charge in [-0.05, 0) is 31.6 Å². The van der Waals surface area contributed by atoms with E-state index in [1.807, 2.05) is 0 Å². The van der Waals surface area contributed by atoms with E-state index in [4.69, 9.17) is 5.73 Å². The molecule has 16 heavy (non-hydrogen) atoms. The summed E-state index contributed by atoms with van der Waals surface area (Å²) in [6.45, 7) is 3.21. The molecule has 2 aliphatic rings. The average molecular weight is 224 g/mol. The lowest BCUT2D eigenvalue weighted by Crippen LogP contribution is -2.57. The highest BCUT2D eigenvalue weighted by Crippen LogP contribution is 2.33. The van der Waals surface area contributed by atoms with Crippen LogP contribution in [0, 0.1) is 5.92 Å². The number of rotatable bonds is 3. The van der Waals surface area contributed by atoms with Gasteiger partial charge in [0.1, 0.15) is 0 Å². The Bertz CT molecular complexity index is 211. The Labute approximate surface area is 100 Å². The van der Waals surface area contributed by atoms with Crippen LogP contribution in [0.15, 0.2) is 0 Å². The van der Waals surface area contributed by atoms with Crippen LogP contribution in [-0.4, -0.2) is 18.1 Å². The fraction of sp³-hybridized carbons (Fsp3) is 1.00. The third-order valence-electron chi connectivity index (χ3n) is 4.60. The highest BCUT2D eigenvalue weighted by molar-refractivity contribution is 4.96. The van der Waals surface area contributed by atoms with E-state index in [9.17, 15) is 0 Å². The molecule has 2 heteroatoms. The second-order valence-corrected chi connectivity index (χ2v) is 6.17. The van der Waals surface area contributed by atoms with Crippen LogP contribution in [0.2, 0.25) is 0 Å². The van der Waals surface area contributed by atoms with Gasteiger partial charge in [-0.15, -0.1) is 0 Å². The molecule has 2 fully saturated rings. The Morgan fingerprint density at radius 1 is 1.12 bits per heavy atom. The summed E-state index contributed by atoms with van der Waals surface area (Å²) in [5, 5.41) is 3.93. The molecule has 0 aromatic carbocycles. The highest BCUT2D eigenvalue weighted by Gasteiger charge is 2.35. The van der Waals surface area contributed by atoms with Crippen LogP contribution < -0.4 is 11.1 Å². The molecule has 2 nitrogen and oxygen atoms in total. The van der Waals surface area contributed by atoms with Gasteiger partial charge in [0.2, 0.25) is 0 Å². The zero-order valence-corrected chi connectivity index (χ0v) is 10.8. The molecular weight excluding hydrogens is 196 g/mol. The SMILES string of the molecule is CC1CCCC(CN)(NC2CCCCC2)C1. The molecule has 0 bridgehead atoms. The minimum atomic E-state index is 0.277. The largest absolute Gasteiger partial charge is 0.329 e. The monoisotopic (exact) mass is 224 g/mol. The Morgan fingerprint density at radius 2 is 1.88 bits per heavy atom. The predicted molar refractivity (Wildman–Crippen MR) is 69.4 cm³/mol. The summed E-state index contributed by atoms with van der Waals surface area (Å²) in [6.07, 6.45) is 12.3. The summed E-state index contributed by atoms with van der Waals surface area (Å²) in [7, 11) is 0. The van der Waals surface area contributed by atoms with Crippen molar-refractivity contribution >= 4 is 0 Å². The van der Waals surface area contributed by atoms with Crippen molar-refractivity contribution < 1.29 is 0 Å². The molecule has 0 aliphatic heterocycles. The van der Waals surface area contributed by atoms with E-state index < -0.39 is 0 Å². The van der Waals surface area contributed by atoms with Gasteiger partial charge in [0, 0.05) is 18.1 Å². The summed E-state index contributed by atoms with van der Waals surface area (Å²) >= 11 is 0. The van der Waals surface area contributed by atoms with E-state index in [1.165, 1.54) is 57.8 Å². The number of hydrogen-bond donors (Lipinski definition) is 2. The summed E-state index contributed by atoms with van der Waals surface area (Å²) in [4.78, 5) is 0. The predicted octanol–water partition coefficient (Wildman–Crippen LogP) is 2.82. The Morgan fingerprint density at radius 3 is 2.50 bits per heavy atom. The van der Waals surface area contributed by atoms with Crippen molar-refractivity contribution in [2.75, 3.05) is 6.54 Å². The van der Waals surface area contributed by atoms with Gasteiger partial charge in [0.15, 0.2) is 0 Å². The Hall–Kier alpha value is -0.0800. The van der Waals surface area contributed by atoms with Crippen LogP contribution >= 0.6 is 0 Å². The molecule has 2 rings (SSSR count). The molecule has 0 radical (unpaired) electrons. The van der Waals surface area contributed by atoms with Crippen molar-refractivity contribution in [3.8, 4) is 0 Å². The zero-order valence-electron chi connectivity index (χ0n) is 10.8. The van der Waals surface area contributed by atoms with E-state index in [0.29, 0.717) is 0 Å². The third-order valence-corrected chi connectivity index (χ3v) is 4.60. The fourth-order valence-electron chi connectivity index (χ4n) is 3.72. The molecule has 0 amide bonds. The van der Waals surface area contributed by atoms with Crippen LogP contribution in [0.5, 0.6) is 0 Å². The maximum absolute atomic E-state index is 6.06. The van der Waals surface area contributed by atoms with Gasteiger partial charge in [-0.2, -0.15) is 0 Å². The standard InChI is InChI=1S/C14H28N2/c1-12-6-5-9-14(10-12,11-15)16-13-7-3-2-4-8-13/h12-13,16H,2-11,15H2,1H3. The maximum Gasteiger partial charge on any atom is 0.0308 e. The fourth-order valence-corrected chi connectivity index (χ4v) is 3.72. The number of hydrogen-bond acceptors (Lipinski definition) is 2. The number of nitrogens with one attached hydrogen (secondary N) is 1. The summed E-state index contributed by atoms with van der Waals surface area (Å²) in [5.74, 6) is 0.855. The van der Waals surface area contributed by atoms with Crippen LogP contribution in [0.4, 0.5) is 0 Å². The van der Waals surface area contributed by atoms with E-state index >= 15 is 0 Å². The minimum absolute atomic E-state index is 0.277. The molecule has 2 atom stereocenters. The molecule has 2 saturated carbocycles. The van der Waals surface area contributed by atoms with E-state index in [1.54, 1.807) is 0 Å². The van der Waals surface area contributed by atoms with E-state index in [-0.39, 0.29) is 5.54 Å². The van der Waals surface area contributed by atoms with Crippen molar-refractivity contribution in [1.82, 2.24) is 5.32 Å². The van der Waals surface area contributed by atoms with E-state index in [2.05, 4.69) is 12.2 Å². The second kappa shape index (κ2) is 5.50. The highest BCUT2D eigenvalue weighted by atomic mass is 15.0. The first-order valence-corrected chi connectivity index (χ1v) is 7.22. The van der Waals surface area contributed by atoms with Crippen LogP contribution in [0.25, 0.3) is 0 Å². The van der Waals surface area contributed by atoms with Gasteiger partial charge in [-0.25, -0.2) is 0 Å².